The largest absolute Gasteiger partial charge is 0.493 e. The van der Waals surface area contributed by atoms with Gasteiger partial charge in [-0.1, -0.05) is 43.8 Å². The summed E-state index contributed by atoms with van der Waals surface area (Å²) in [5.41, 5.74) is 0.451. The summed E-state index contributed by atoms with van der Waals surface area (Å²) in [4.78, 5) is 15.7. The van der Waals surface area contributed by atoms with Gasteiger partial charge in [0, 0.05) is 0 Å². The van der Waals surface area contributed by atoms with Crippen LogP contribution in [0.4, 0.5) is 0 Å². The van der Waals surface area contributed by atoms with Gasteiger partial charge in [0.05, 0.1) is 11.8 Å². The van der Waals surface area contributed by atoms with Crippen molar-refractivity contribution in [1.29, 1.82) is 0 Å². The first-order valence-electron chi connectivity index (χ1n) is 5.65. The SMILES string of the molecule is CC.CSc1nc(O)cc(=O)n1-c1ccccc1. The number of benzene rings is 1. The minimum atomic E-state index is -0.289. The van der Waals surface area contributed by atoms with Crippen molar-refractivity contribution in [1.82, 2.24) is 9.55 Å². The normalized spacial score (nSPS) is 9.50. The maximum Gasteiger partial charge on any atom is 0.262 e. The molecule has 5 heteroatoms. The summed E-state index contributed by atoms with van der Waals surface area (Å²) in [6.45, 7) is 4.00. The Bertz CT molecular complexity index is 553. The topological polar surface area (TPSA) is 55.1 Å². The van der Waals surface area contributed by atoms with E-state index in [2.05, 4.69) is 4.98 Å². The average Bonchev–Trinajstić information content (AvgIpc) is 2.41. The fourth-order valence-corrected chi connectivity index (χ4v) is 1.96. The van der Waals surface area contributed by atoms with Crippen LogP contribution in [0.5, 0.6) is 5.88 Å². The van der Waals surface area contributed by atoms with E-state index in [9.17, 15) is 9.90 Å². The molecule has 1 aromatic carbocycles. The molecular formula is C13H16N2O2S. The monoisotopic (exact) mass is 264 g/mol. The second-order valence-corrected chi connectivity index (χ2v) is 3.88. The second kappa shape index (κ2) is 6.86. The van der Waals surface area contributed by atoms with Crippen molar-refractivity contribution >= 4 is 11.8 Å². The maximum absolute atomic E-state index is 11.8. The van der Waals surface area contributed by atoms with E-state index in [1.807, 2.05) is 44.2 Å². The first-order chi connectivity index (χ1) is 8.72. The van der Waals surface area contributed by atoms with Crippen molar-refractivity contribution in [2.75, 3.05) is 6.26 Å². The second-order valence-electron chi connectivity index (χ2n) is 3.11. The van der Waals surface area contributed by atoms with Gasteiger partial charge in [-0.15, -0.1) is 0 Å². The molecule has 0 spiro atoms. The van der Waals surface area contributed by atoms with Gasteiger partial charge in [-0.2, -0.15) is 4.98 Å². The molecule has 0 saturated heterocycles. The van der Waals surface area contributed by atoms with E-state index in [4.69, 9.17) is 0 Å². The molecule has 0 aliphatic carbocycles. The lowest BCUT2D eigenvalue weighted by molar-refractivity contribution is 0.441. The molecule has 1 aromatic heterocycles. The quantitative estimate of drug-likeness (QED) is 0.669. The number of para-hydroxylation sites is 1. The number of hydrogen-bond acceptors (Lipinski definition) is 4. The van der Waals surface area contributed by atoms with Gasteiger partial charge in [0.2, 0.25) is 5.88 Å². The van der Waals surface area contributed by atoms with Gasteiger partial charge in [0.15, 0.2) is 5.16 Å². The third kappa shape index (κ3) is 3.13. The zero-order valence-corrected chi connectivity index (χ0v) is 11.4. The van der Waals surface area contributed by atoms with Crippen LogP contribution in [0, 0.1) is 0 Å². The Hall–Kier alpha value is -1.75. The van der Waals surface area contributed by atoms with E-state index in [0.29, 0.717) is 5.16 Å². The van der Waals surface area contributed by atoms with E-state index in [1.54, 1.807) is 6.26 Å². The van der Waals surface area contributed by atoms with Gasteiger partial charge in [0.1, 0.15) is 0 Å². The Morgan fingerprint density at radius 1 is 1.22 bits per heavy atom. The first-order valence-corrected chi connectivity index (χ1v) is 6.87. The minimum Gasteiger partial charge on any atom is -0.493 e. The Balaban J connectivity index is 0.000000771. The Kier molecular flexibility index (Phi) is 5.45. The Morgan fingerprint density at radius 2 is 1.83 bits per heavy atom. The van der Waals surface area contributed by atoms with Crippen LogP contribution < -0.4 is 5.56 Å². The molecule has 0 saturated carbocycles. The van der Waals surface area contributed by atoms with E-state index >= 15 is 0 Å². The molecule has 0 atom stereocenters. The highest BCUT2D eigenvalue weighted by molar-refractivity contribution is 7.98. The molecule has 1 heterocycles. The van der Waals surface area contributed by atoms with Crippen LogP contribution in [0.2, 0.25) is 0 Å². The lowest BCUT2D eigenvalue weighted by atomic mass is 10.3. The number of thioether (sulfide) groups is 1. The summed E-state index contributed by atoms with van der Waals surface area (Å²) in [5.74, 6) is -0.249. The fraction of sp³-hybridized carbons (Fsp3) is 0.231. The first kappa shape index (κ1) is 14.3. The van der Waals surface area contributed by atoms with Crippen molar-refractivity contribution in [3.8, 4) is 11.6 Å². The number of aromatic nitrogens is 2. The van der Waals surface area contributed by atoms with Crippen molar-refractivity contribution in [3.05, 3.63) is 46.8 Å². The van der Waals surface area contributed by atoms with Gasteiger partial charge in [-0.3, -0.25) is 9.36 Å². The third-order valence-corrected chi connectivity index (χ3v) is 2.71. The molecule has 0 amide bonds. The number of nitrogens with zero attached hydrogens (tertiary/aromatic N) is 2. The van der Waals surface area contributed by atoms with Crippen molar-refractivity contribution in [2.45, 2.75) is 19.0 Å². The average molecular weight is 264 g/mol. The van der Waals surface area contributed by atoms with Gasteiger partial charge in [0.25, 0.3) is 5.56 Å². The van der Waals surface area contributed by atoms with Gasteiger partial charge in [-0.25, -0.2) is 0 Å². The molecule has 4 nitrogen and oxygen atoms in total. The van der Waals surface area contributed by atoms with Crippen molar-refractivity contribution in [2.24, 2.45) is 0 Å². The fourth-order valence-electron chi connectivity index (χ4n) is 1.40. The van der Waals surface area contributed by atoms with Gasteiger partial charge < -0.3 is 5.11 Å². The molecule has 0 unspecified atom stereocenters. The van der Waals surface area contributed by atoms with E-state index in [1.165, 1.54) is 16.3 Å². The highest BCUT2D eigenvalue weighted by Gasteiger charge is 2.08. The molecule has 0 bridgehead atoms. The summed E-state index contributed by atoms with van der Waals surface area (Å²) in [6.07, 6.45) is 1.81. The van der Waals surface area contributed by atoms with Gasteiger partial charge >= 0.3 is 0 Å². The predicted octanol–water partition coefficient (Wildman–Crippen LogP) is 2.69. The summed E-state index contributed by atoms with van der Waals surface area (Å²) in [5, 5.41) is 9.73. The lowest BCUT2D eigenvalue weighted by Crippen LogP contribution is -2.19. The van der Waals surface area contributed by atoms with Crippen molar-refractivity contribution in [3.63, 3.8) is 0 Å². The zero-order chi connectivity index (χ0) is 13.5. The van der Waals surface area contributed by atoms with Gasteiger partial charge in [-0.05, 0) is 18.4 Å². The lowest BCUT2D eigenvalue weighted by Gasteiger charge is -2.09. The van der Waals surface area contributed by atoms with E-state index in [0.717, 1.165) is 11.8 Å². The summed E-state index contributed by atoms with van der Waals surface area (Å²) >= 11 is 1.31. The standard InChI is InChI=1S/C11H10N2O2S.C2H6/c1-16-11-12-9(14)7-10(15)13(11)8-5-3-2-4-6-8;1-2/h2-7,14H,1H3;1-2H3. The number of rotatable bonds is 2. The van der Waals surface area contributed by atoms with Crippen molar-refractivity contribution < 1.29 is 5.11 Å². The molecule has 2 rings (SSSR count). The van der Waals surface area contributed by atoms with Crippen LogP contribution in [0.25, 0.3) is 5.69 Å². The molecule has 0 fully saturated rings. The Labute approximate surface area is 110 Å². The smallest absolute Gasteiger partial charge is 0.262 e. The minimum absolute atomic E-state index is 0.249. The van der Waals surface area contributed by atoms with Crippen LogP contribution in [-0.4, -0.2) is 20.9 Å². The van der Waals surface area contributed by atoms with Crippen LogP contribution in [0.1, 0.15) is 13.8 Å². The third-order valence-electron chi connectivity index (χ3n) is 2.07. The van der Waals surface area contributed by atoms with E-state index in [-0.39, 0.29) is 11.4 Å². The van der Waals surface area contributed by atoms with E-state index < -0.39 is 0 Å². The highest BCUT2D eigenvalue weighted by atomic mass is 32.2. The molecule has 0 radical (unpaired) electrons. The molecule has 96 valence electrons. The summed E-state index contributed by atoms with van der Waals surface area (Å²) < 4.78 is 1.46. The van der Waals surface area contributed by atoms with Crippen LogP contribution in [0.3, 0.4) is 0 Å². The number of aromatic hydroxyl groups is 1. The van der Waals surface area contributed by atoms with Crippen LogP contribution >= 0.6 is 11.8 Å². The summed E-state index contributed by atoms with van der Waals surface area (Å²) in [7, 11) is 0. The molecular weight excluding hydrogens is 248 g/mol. The zero-order valence-electron chi connectivity index (χ0n) is 10.6. The van der Waals surface area contributed by atoms with Crippen LogP contribution in [-0.2, 0) is 0 Å². The maximum atomic E-state index is 11.8. The Morgan fingerprint density at radius 3 is 2.39 bits per heavy atom. The number of hydrogen-bond donors (Lipinski definition) is 1. The highest BCUT2D eigenvalue weighted by Crippen LogP contribution is 2.17. The molecule has 0 aliphatic rings. The molecule has 18 heavy (non-hydrogen) atoms. The predicted molar refractivity (Wildman–Crippen MR) is 74.6 cm³/mol. The summed E-state index contributed by atoms with van der Waals surface area (Å²) in [6, 6.07) is 10.3. The molecule has 1 N–H and O–H groups in total. The molecule has 2 aromatic rings. The molecule has 0 aliphatic heterocycles. The van der Waals surface area contributed by atoms with Crippen LogP contribution in [0.15, 0.2) is 46.3 Å².